The second-order valence-corrected chi connectivity index (χ2v) is 7.66. The number of aromatic nitrogens is 2. The summed E-state index contributed by atoms with van der Waals surface area (Å²) in [6, 6.07) is 10.7. The smallest absolute Gasteiger partial charge is 0.191 e. The number of hydrogen-bond donors (Lipinski definition) is 2. The van der Waals surface area contributed by atoms with Gasteiger partial charge >= 0.3 is 0 Å². The van der Waals surface area contributed by atoms with E-state index in [-0.39, 0.29) is 24.0 Å². The maximum atomic E-state index is 5.51. The van der Waals surface area contributed by atoms with Crippen LogP contribution in [-0.2, 0) is 11.3 Å². The Morgan fingerprint density at radius 2 is 2.00 bits per heavy atom. The number of guanidine groups is 1. The first-order chi connectivity index (χ1) is 14.2. The molecule has 1 atom stereocenters. The van der Waals surface area contributed by atoms with Gasteiger partial charge in [-0.15, -0.1) is 24.0 Å². The molecule has 1 aliphatic heterocycles. The summed E-state index contributed by atoms with van der Waals surface area (Å²) in [4.78, 5) is 7.33. The van der Waals surface area contributed by atoms with Gasteiger partial charge in [0, 0.05) is 44.6 Å². The highest BCUT2D eigenvalue weighted by Gasteiger charge is 2.23. The molecule has 1 fully saturated rings. The van der Waals surface area contributed by atoms with Crippen molar-refractivity contribution < 1.29 is 4.74 Å². The maximum absolute atomic E-state index is 5.51. The molecule has 2 heterocycles. The lowest BCUT2D eigenvalue weighted by molar-refractivity contribution is 0.00752. The fourth-order valence-electron chi connectivity index (χ4n) is 3.63. The van der Waals surface area contributed by atoms with Gasteiger partial charge in [-0.1, -0.05) is 26.0 Å². The lowest BCUT2D eigenvalue weighted by atomic mass is 10.0. The number of aliphatic imine (C=N–C) groups is 1. The normalized spacial score (nSPS) is 16.2. The van der Waals surface area contributed by atoms with E-state index in [1.165, 1.54) is 0 Å². The molecule has 3 rings (SSSR count). The largest absolute Gasteiger partial charge is 0.379 e. The van der Waals surface area contributed by atoms with Crippen LogP contribution in [0.4, 0.5) is 0 Å². The van der Waals surface area contributed by atoms with Gasteiger partial charge in [0.1, 0.15) is 0 Å². The Labute approximate surface area is 197 Å². The van der Waals surface area contributed by atoms with Crippen LogP contribution in [-0.4, -0.2) is 66.1 Å². The molecule has 1 saturated heterocycles. The van der Waals surface area contributed by atoms with Crippen LogP contribution in [0, 0.1) is 5.92 Å². The second kappa shape index (κ2) is 12.9. The zero-order valence-corrected chi connectivity index (χ0v) is 20.6. The molecule has 1 aliphatic rings. The Morgan fingerprint density at radius 3 is 2.67 bits per heavy atom. The van der Waals surface area contributed by atoms with Crippen LogP contribution in [0.2, 0.25) is 0 Å². The molecule has 166 valence electrons. The molecule has 0 bridgehead atoms. The third-order valence-corrected chi connectivity index (χ3v) is 5.21. The van der Waals surface area contributed by atoms with E-state index in [1.54, 1.807) is 6.20 Å². The van der Waals surface area contributed by atoms with Gasteiger partial charge in [-0.05, 0) is 36.6 Å². The van der Waals surface area contributed by atoms with Gasteiger partial charge in [-0.3, -0.25) is 4.90 Å². The highest BCUT2D eigenvalue weighted by Crippen LogP contribution is 2.13. The maximum Gasteiger partial charge on any atom is 0.191 e. The van der Waals surface area contributed by atoms with Crippen molar-refractivity contribution in [3.05, 3.63) is 48.3 Å². The molecule has 0 amide bonds. The van der Waals surface area contributed by atoms with Crippen molar-refractivity contribution in [1.82, 2.24) is 25.3 Å². The minimum Gasteiger partial charge on any atom is -0.379 e. The third-order valence-electron chi connectivity index (χ3n) is 5.21. The van der Waals surface area contributed by atoms with Crippen LogP contribution in [0.3, 0.4) is 0 Å². The SMILES string of the molecule is CCNC(=NCc1cccc(-n2cccn2)c1)NCC(C(C)C)N1CCOCC1.I. The van der Waals surface area contributed by atoms with Crippen molar-refractivity contribution >= 4 is 29.9 Å². The van der Waals surface area contributed by atoms with Gasteiger partial charge in [0.25, 0.3) is 0 Å². The van der Waals surface area contributed by atoms with Crippen LogP contribution in [0.15, 0.2) is 47.7 Å². The highest BCUT2D eigenvalue weighted by molar-refractivity contribution is 14.0. The Kier molecular flexibility index (Phi) is 10.6. The van der Waals surface area contributed by atoms with E-state index in [0.29, 0.717) is 18.5 Å². The summed E-state index contributed by atoms with van der Waals surface area (Å²) >= 11 is 0. The molecule has 8 heteroatoms. The molecule has 1 aromatic heterocycles. The summed E-state index contributed by atoms with van der Waals surface area (Å²) < 4.78 is 7.38. The molecule has 30 heavy (non-hydrogen) atoms. The van der Waals surface area contributed by atoms with Crippen molar-refractivity contribution in [3.8, 4) is 5.69 Å². The minimum absolute atomic E-state index is 0. The molecular formula is C22H35IN6O. The first-order valence-electron chi connectivity index (χ1n) is 10.6. The van der Waals surface area contributed by atoms with Crippen LogP contribution < -0.4 is 10.6 Å². The number of hydrogen-bond acceptors (Lipinski definition) is 4. The van der Waals surface area contributed by atoms with Crippen LogP contribution >= 0.6 is 24.0 Å². The summed E-state index contributed by atoms with van der Waals surface area (Å²) in [6.45, 7) is 12.6. The van der Waals surface area contributed by atoms with Crippen molar-refractivity contribution in [2.45, 2.75) is 33.4 Å². The van der Waals surface area contributed by atoms with Crippen LogP contribution in [0.1, 0.15) is 26.3 Å². The van der Waals surface area contributed by atoms with Gasteiger partial charge in [0.15, 0.2) is 5.96 Å². The minimum atomic E-state index is 0. The van der Waals surface area contributed by atoms with E-state index >= 15 is 0 Å². The second-order valence-electron chi connectivity index (χ2n) is 7.66. The topological polar surface area (TPSA) is 66.7 Å². The average molecular weight is 526 g/mol. The Morgan fingerprint density at radius 1 is 1.20 bits per heavy atom. The fourth-order valence-corrected chi connectivity index (χ4v) is 3.63. The monoisotopic (exact) mass is 526 g/mol. The summed E-state index contributed by atoms with van der Waals surface area (Å²) in [7, 11) is 0. The van der Waals surface area contributed by atoms with Crippen LogP contribution in [0.25, 0.3) is 5.69 Å². The average Bonchev–Trinajstić information content (AvgIpc) is 3.28. The number of nitrogens with one attached hydrogen (secondary N) is 2. The molecule has 0 saturated carbocycles. The standard InChI is InChI=1S/C22H34N6O.HI/c1-4-23-22(25-17-21(18(2)3)27-11-13-29-14-12-27)24-16-19-7-5-8-20(15-19)28-10-6-9-26-28;/h5-10,15,18,21H,4,11-14,16-17H2,1-3H3,(H2,23,24,25);1H. The van der Waals surface area contributed by atoms with E-state index < -0.39 is 0 Å². The zero-order chi connectivity index (χ0) is 20.5. The van der Waals surface area contributed by atoms with E-state index in [4.69, 9.17) is 9.73 Å². The molecular weight excluding hydrogens is 491 g/mol. The van der Waals surface area contributed by atoms with Gasteiger partial charge in [-0.25, -0.2) is 9.67 Å². The van der Waals surface area contributed by atoms with Gasteiger partial charge in [0.2, 0.25) is 0 Å². The predicted molar refractivity (Wildman–Crippen MR) is 133 cm³/mol. The Hall–Kier alpha value is -1.65. The quantitative estimate of drug-likeness (QED) is 0.315. The number of nitrogens with zero attached hydrogens (tertiary/aromatic N) is 4. The molecule has 1 unspecified atom stereocenters. The molecule has 0 aliphatic carbocycles. The molecule has 2 aromatic rings. The van der Waals surface area contributed by atoms with E-state index in [2.05, 4.69) is 65.7 Å². The number of benzene rings is 1. The first-order valence-corrected chi connectivity index (χ1v) is 10.6. The number of ether oxygens (including phenoxy) is 1. The molecule has 2 N–H and O–H groups in total. The van der Waals surface area contributed by atoms with Crippen molar-refractivity contribution in [2.24, 2.45) is 10.9 Å². The molecule has 1 aromatic carbocycles. The Balaban J connectivity index is 0.00000320. The third kappa shape index (κ3) is 7.24. The first kappa shape index (κ1) is 24.6. The van der Waals surface area contributed by atoms with Crippen molar-refractivity contribution in [3.63, 3.8) is 0 Å². The summed E-state index contributed by atoms with van der Waals surface area (Å²) in [5.74, 6) is 1.42. The van der Waals surface area contributed by atoms with Crippen molar-refractivity contribution in [1.29, 1.82) is 0 Å². The van der Waals surface area contributed by atoms with E-state index in [0.717, 1.165) is 56.6 Å². The predicted octanol–water partition coefficient (Wildman–Crippen LogP) is 2.90. The molecule has 0 radical (unpaired) electrons. The molecule has 7 nitrogen and oxygen atoms in total. The number of morpholine rings is 1. The van der Waals surface area contributed by atoms with E-state index in [1.807, 2.05) is 16.9 Å². The molecule has 0 spiro atoms. The number of halogens is 1. The summed E-state index contributed by atoms with van der Waals surface area (Å²) in [5, 5.41) is 11.2. The van der Waals surface area contributed by atoms with Gasteiger partial charge in [0.05, 0.1) is 25.4 Å². The van der Waals surface area contributed by atoms with Gasteiger partial charge < -0.3 is 15.4 Å². The lowest BCUT2D eigenvalue weighted by Crippen LogP contribution is -2.52. The highest BCUT2D eigenvalue weighted by atomic mass is 127. The van der Waals surface area contributed by atoms with Crippen molar-refractivity contribution in [2.75, 3.05) is 39.4 Å². The summed E-state index contributed by atoms with van der Waals surface area (Å²) in [6.07, 6.45) is 3.74. The Bertz CT molecular complexity index is 759. The van der Waals surface area contributed by atoms with Gasteiger partial charge in [-0.2, -0.15) is 5.10 Å². The van der Waals surface area contributed by atoms with Crippen LogP contribution in [0.5, 0.6) is 0 Å². The summed E-state index contributed by atoms with van der Waals surface area (Å²) in [5.41, 5.74) is 2.21. The lowest BCUT2D eigenvalue weighted by Gasteiger charge is -2.37. The van der Waals surface area contributed by atoms with E-state index in [9.17, 15) is 0 Å². The number of rotatable bonds is 8. The zero-order valence-electron chi connectivity index (χ0n) is 18.3. The fraction of sp³-hybridized carbons (Fsp3) is 0.545.